The van der Waals surface area contributed by atoms with Crippen LogP contribution >= 0.6 is 11.6 Å². The van der Waals surface area contributed by atoms with Crippen molar-refractivity contribution in [2.45, 2.75) is 45.1 Å². The zero-order chi connectivity index (χ0) is 16.8. The van der Waals surface area contributed by atoms with Crippen LogP contribution in [-0.2, 0) is 17.8 Å². The molecule has 2 nitrogen and oxygen atoms in total. The molecule has 0 atom stereocenters. The predicted molar refractivity (Wildman–Crippen MR) is 97.5 cm³/mol. The van der Waals surface area contributed by atoms with E-state index in [9.17, 15) is 4.79 Å². The summed E-state index contributed by atoms with van der Waals surface area (Å²) in [5, 5.41) is 0.608. The number of Topliss-reactive ketones (excluding diaryl/α,β-unsaturated/α-hetero) is 1. The smallest absolute Gasteiger partial charge is 0.138 e. The normalized spacial score (nSPS) is 14.7. The van der Waals surface area contributed by atoms with Crippen molar-refractivity contribution >= 4 is 17.4 Å². The molecule has 1 fully saturated rings. The highest BCUT2D eigenvalue weighted by atomic mass is 35.5. The van der Waals surface area contributed by atoms with Crippen molar-refractivity contribution in [3.05, 3.63) is 64.7 Å². The molecule has 0 spiro atoms. The van der Waals surface area contributed by atoms with Crippen LogP contribution in [0.15, 0.2) is 48.5 Å². The summed E-state index contributed by atoms with van der Waals surface area (Å²) in [6, 6.07) is 15.8. The molecule has 3 heteroatoms. The minimum Gasteiger partial charge on any atom is -0.487 e. The van der Waals surface area contributed by atoms with Crippen molar-refractivity contribution in [3.8, 4) is 5.75 Å². The van der Waals surface area contributed by atoms with Crippen LogP contribution in [0.3, 0.4) is 0 Å². The number of aryl methyl sites for hydroxylation is 1. The number of carbonyl (C=O) groups excluding carboxylic acids is 1. The minimum absolute atomic E-state index is 0.300. The fraction of sp³-hybridized carbons (Fsp3) is 0.381. The van der Waals surface area contributed by atoms with Gasteiger partial charge in [0.2, 0.25) is 0 Å². The number of ketones is 1. The summed E-state index contributed by atoms with van der Waals surface area (Å²) in [6.07, 6.45) is 5.93. The van der Waals surface area contributed by atoms with Gasteiger partial charge in [-0.1, -0.05) is 60.8 Å². The summed E-state index contributed by atoms with van der Waals surface area (Å²) in [6.45, 7) is 0.500. The van der Waals surface area contributed by atoms with Gasteiger partial charge in [0.15, 0.2) is 0 Å². The first-order valence-electron chi connectivity index (χ1n) is 8.70. The van der Waals surface area contributed by atoms with E-state index in [1.165, 1.54) is 12.8 Å². The van der Waals surface area contributed by atoms with E-state index in [-0.39, 0.29) is 0 Å². The van der Waals surface area contributed by atoms with Gasteiger partial charge in [0.05, 0.1) is 5.02 Å². The average Bonchev–Trinajstić information content (AvgIpc) is 3.14. The van der Waals surface area contributed by atoms with Gasteiger partial charge < -0.3 is 4.74 Å². The van der Waals surface area contributed by atoms with Crippen LogP contribution in [-0.4, -0.2) is 5.78 Å². The summed E-state index contributed by atoms with van der Waals surface area (Å²) >= 11 is 6.33. The quantitative estimate of drug-likeness (QED) is 0.653. The van der Waals surface area contributed by atoms with E-state index in [1.54, 1.807) is 0 Å². The van der Waals surface area contributed by atoms with Crippen molar-refractivity contribution in [2.75, 3.05) is 0 Å². The molecular weight excluding hydrogens is 320 g/mol. The van der Waals surface area contributed by atoms with Crippen LogP contribution in [0.25, 0.3) is 0 Å². The predicted octanol–water partition coefficient (Wildman–Crippen LogP) is 5.61. The lowest BCUT2D eigenvalue weighted by Gasteiger charge is -2.11. The monoisotopic (exact) mass is 342 g/mol. The van der Waals surface area contributed by atoms with Gasteiger partial charge >= 0.3 is 0 Å². The van der Waals surface area contributed by atoms with Crippen molar-refractivity contribution in [3.63, 3.8) is 0 Å². The van der Waals surface area contributed by atoms with Gasteiger partial charge in [-0.25, -0.2) is 0 Å². The van der Waals surface area contributed by atoms with E-state index in [0.717, 1.165) is 30.4 Å². The Kier molecular flexibility index (Phi) is 5.92. The number of halogens is 1. The van der Waals surface area contributed by atoms with Crippen LogP contribution in [0.4, 0.5) is 0 Å². The van der Waals surface area contributed by atoms with E-state index in [0.29, 0.717) is 35.5 Å². The van der Waals surface area contributed by atoms with E-state index < -0.39 is 0 Å². The van der Waals surface area contributed by atoms with Crippen LogP contribution in [0, 0.1) is 5.92 Å². The molecule has 2 aromatic carbocycles. The molecule has 126 valence electrons. The van der Waals surface area contributed by atoms with Gasteiger partial charge in [0.25, 0.3) is 0 Å². The Morgan fingerprint density at radius 2 is 1.79 bits per heavy atom. The van der Waals surface area contributed by atoms with Crippen LogP contribution in [0.2, 0.25) is 5.02 Å². The standard InChI is InChI=1S/C21H23ClO2/c22-19-14-16(10-12-20(23)18-8-4-5-9-18)11-13-21(19)24-15-17-6-2-1-3-7-17/h1-3,6-7,11,13-14,18H,4-5,8-10,12,15H2. The van der Waals surface area contributed by atoms with Gasteiger partial charge in [0.1, 0.15) is 18.1 Å². The Bertz CT molecular complexity index is 675. The average molecular weight is 343 g/mol. The summed E-state index contributed by atoms with van der Waals surface area (Å²) in [4.78, 5) is 12.2. The Hall–Kier alpha value is -1.80. The second kappa shape index (κ2) is 8.34. The van der Waals surface area contributed by atoms with Gasteiger partial charge in [-0.3, -0.25) is 4.79 Å². The van der Waals surface area contributed by atoms with Crippen molar-refractivity contribution in [1.82, 2.24) is 0 Å². The van der Waals surface area contributed by atoms with Gasteiger partial charge in [-0.15, -0.1) is 0 Å². The van der Waals surface area contributed by atoms with Gasteiger partial charge in [-0.05, 0) is 42.5 Å². The lowest BCUT2D eigenvalue weighted by Crippen LogP contribution is -2.11. The fourth-order valence-electron chi connectivity index (χ4n) is 3.27. The number of hydrogen-bond donors (Lipinski definition) is 0. The second-order valence-electron chi connectivity index (χ2n) is 6.49. The SMILES string of the molecule is O=C(CCc1ccc(OCc2ccccc2)c(Cl)c1)C1CCCC1. The maximum atomic E-state index is 12.2. The van der Waals surface area contributed by atoms with E-state index >= 15 is 0 Å². The third-order valence-electron chi connectivity index (χ3n) is 4.70. The number of rotatable bonds is 7. The van der Waals surface area contributed by atoms with Crippen molar-refractivity contribution in [2.24, 2.45) is 5.92 Å². The first-order chi connectivity index (χ1) is 11.7. The number of benzene rings is 2. The fourth-order valence-corrected chi connectivity index (χ4v) is 3.53. The molecule has 1 aliphatic carbocycles. The molecule has 0 N–H and O–H groups in total. The largest absolute Gasteiger partial charge is 0.487 e. The molecule has 0 unspecified atom stereocenters. The lowest BCUT2D eigenvalue weighted by atomic mass is 9.97. The van der Waals surface area contributed by atoms with E-state index in [4.69, 9.17) is 16.3 Å². The third kappa shape index (κ3) is 4.61. The molecule has 1 aliphatic rings. The number of carbonyl (C=O) groups is 1. The van der Waals surface area contributed by atoms with Gasteiger partial charge in [0, 0.05) is 12.3 Å². The van der Waals surface area contributed by atoms with E-state index in [1.807, 2.05) is 48.5 Å². The summed E-state index contributed by atoms with van der Waals surface area (Å²) in [5.74, 6) is 1.40. The third-order valence-corrected chi connectivity index (χ3v) is 5.00. The maximum absolute atomic E-state index is 12.2. The zero-order valence-electron chi connectivity index (χ0n) is 13.8. The maximum Gasteiger partial charge on any atom is 0.138 e. The summed E-state index contributed by atoms with van der Waals surface area (Å²) in [7, 11) is 0. The molecule has 24 heavy (non-hydrogen) atoms. The Morgan fingerprint density at radius 3 is 2.50 bits per heavy atom. The molecule has 0 bridgehead atoms. The first kappa shape index (κ1) is 17.0. The molecule has 1 saturated carbocycles. The topological polar surface area (TPSA) is 26.3 Å². The minimum atomic E-state index is 0.300. The molecule has 3 rings (SSSR count). The lowest BCUT2D eigenvalue weighted by molar-refractivity contribution is -0.122. The Morgan fingerprint density at radius 1 is 1.04 bits per heavy atom. The Labute approximate surface area is 148 Å². The van der Waals surface area contributed by atoms with Crippen LogP contribution < -0.4 is 4.74 Å². The highest BCUT2D eigenvalue weighted by Gasteiger charge is 2.22. The Balaban J connectivity index is 1.53. The highest BCUT2D eigenvalue weighted by molar-refractivity contribution is 6.32. The highest BCUT2D eigenvalue weighted by Crippen LogP contribution is 2.29. The summed E-state index contributed by atoms with van der Waals surface area (Å²) < 4.78 is 5.79. The zero-order valence-corrected chi connectivity index (χ0v) is 14.6. The van der Waals surface area contributed by atoms with Crippen LogP contribution in [0.1, 0.15) is 43.2 Å². The molecular formula is C21H23ClO2. The molecule has 0 aromatic heterocycles. The molecule has 2 aromatic rings. The molecule has 0 amide bonds. The number of hydrogen-bond acceptors (Lipinski definition) is 2. The second-order valence-corrected chi connectivity index (χ2v) is 6.89. The summed E-state index contributed by atoms with van der Waals surface area (Å²) in [5.41, 5.74) is 2.21. The van der Waals surface area contributed by atoms with E-state index in [2.05, 4.69) is 0 Å². The van der Waals surface area contributed by atoms with Crippen molar-refractivity contribution < 1.29 is 9.53 Å². The molecule has 0 heterocycles. The number of ether oxygens (including phenoxy) is 1. The molecule has 0 saturated heterocycles. The molecule has 0 radical (unpaired) electrons. The van der Waals surface area contributed by atoms with Crippen molar-refractivity contribution in [1.29, 1.82) is 0 Å². The first-order valence-corrected chi connectivity index (χ1v) is 9.08. The molecule has 0 aliphatic heterocycles. The van der Waals surface area contributed by atoms with Gasteiger partial charge in [-0.2, -0.15) is 0 Å². The van der Waals surface area contributed by atoms with Crippen LogP contribution in [0.5, 0.6) is 5.75 Å².